The van der Waals surface area contributed by atoms with Crippen LogP contribution in [0.25, 0.3) is 11.0 Å². The lowest BCUT2D eigenvalue weighted by atomic mass is 10.1. The maximum Gasteiger partial charge on any atom is 0.328 e. The predicted octanol–water partition coefficient (Wildman–Crippen LogP) is 2.22. The van der Waals surface area contributed by atoms with Crippen molar-refractivity contribution in [3.8, 4) is 0 Å². The highest BCUT2D eigenvalue weighted by atomic mass is 32.2. The molecule has 0 N–H and O–H groups in total. The molecule has 0 radical (unpaired) electrons. The van der Waals surface area contributed by atoms with Gasteiger partial charge in [-0.3, -0.25) is 18.2 Å². The van der Waals surface area contributed by atoms with Crippen molar-refractivity contribution in [3.63, 3.8) is 0 Å². The molecule has 170 valence electrons. The molecule has 0 saturated carbocycles. The van der Waals surface area contributed by atoms with E-state index in [2.05, 4.69) is 0 Å². The number of anilines is 1. The Morgan fingerprint density at radius 2 is 1.59 bits per heavy atom. The van der Waals surface area contributed by atoms with E-state index in [9.17, 15) is 22.4 Å². The molecule has 4 rings (SSSR count). The second kappa shape index (κ2) is 8.42. The fourth-order valence-corrected chi connectivity index (χ4v) is 5.50. The number of likely N-dealkylation sites (tertiary alicyclic amines) is 1. The Labute approximate surface area is 185 Å². The number of sulfonamides is 1. The van der Waals surface area contributed by atoms with Crippen molar-refractivity contribution in [2.75, 3.05) is 23.9 Å². The first-order valence-electron chi connectivity index (χ1n) is 10.4. The van der Waals surface area contributed by atoms with Crippen LogP contribution in [0.1, 0.15) is 19.3 Å². The van der Waals surface area contributed by atoms with E-state index in [-0.39, 0.29) is 28.7 Å². The van der Waals surface area contributed by atoms with E-state index >= 15 is 0 Å². The van der Waals surface area contributed by atoms with Crippen LogP contribution in [-0.2, 0) is 28.9 Å². The van der Waals surface area contributed by atoms with Crippen LogP contribution < -0.4 is 9.99 Å². The first-order valence-corrected chi connectivity index (χ1v) is 11.9. The van der Waals surface area contributed by atoms with E-state index in [4.69, 9.17) is 0 Å². The number of hydrogen-bond acceptors (Lipinski definition) is 4. The molecule has 10 heteroatoms. The van der Waals surface area contributed by atoms with Gasteiger partial charge in [0.2, 0.25) is 5.91 Å². The lowest BCUT2D eigenvalue weighted by Gasteiger charge is -2.30. The van der Waals surface area contributed by atoms with E-state index in [1.54, 1.807) is 25.1 Å². The lowest BCUT2D eigenvalue weighted by Crippen LogP contribution is -2.44. The number of fused-ring (bicyclic) bond motifs is 1. The summed E-state index contributed by atoms with van der Waals surface area (Å²) in [5.41, 5.74) is 0.971. The van der Waals surface area contributed by atoms with Gasteiger partial charge in [-0.15, -0.1) is 0 Å². The van der Waals surface area contributed by atoms with Gasteiger partial charge in [0, 0.05) is 27.2 Å². The van der Waals surface area contributed by atoms with Gasteiger partial charge in [0.15, 0.2) is 0 Å². The van der Waals surface area contributed by atoms with Crippen LogP contribution in [0, 0.1) is 5.82 Å². The Morgan fingerprint density at radius 3 is 2.25 bits per heavy atom. The fraction of sp³-hybridized carbons (Fsp3) is 0.364. The van der Waals surface area contributed by atoms with Crippen LogP contribution in [0.5, 0.6) is 0 Å². The number of hydrogen-bond donors (Lipinski definition) is 0. The molecule has 0 atom stereocenters. The minimum Gasteiger partial charge on any atom is -0.341 e. The first-order chi connectivity index (χ1) is 15.2. The van der Waals surface area contributed by atoms with Crippen molar-refractivity contribution >= 4 is 32.7 Å². The summed E-state index contributed by atoms with van der Waals surface area (Å²) in [7, 11) is -0.994. The molecule has 8 nitrogen and oxygen atoms in total. The van der Waals surface area contributed by atoms with Crippen LogP contribution in [0.3, 0.4) is 0 Å². The van der Waals surface area contributed by atoms with Gasteiger partial charge >= 0.3 is 5.69 Å². The number of carbonyl (C=O) groups excluding carboxylic acids is 1. The minimum absolute atomic E-state index is 0.0537. The highest BCUT2D eigenvalue weighted by molar-refractivity contribution is 7.92. The largest absolute Gasteiger partial charge is 0.341 e. The number of benzene rings is 2. The van der Waals surface area contributed by atoms with Crippen LogP contribution in [0.15, 0.2) is 52.2 Å². The Hall–Kier alpha value is -3.14. The SMILES string of the molecule is Cn1c(=O)n(C)c2cc(S(=O)(=O)N(CC(=O)N3CCCCC3)c3ccc(F)cc3)ccc21. The summed E-state index contributed by atoms with van der Waals surface area (Å²) in [5.74, 6) is -0.806. The van der Waals surface area contributed by atoms with Crippen LogP contribution in [0.2, 0.25) is 0 Å². The monoisotopic (exact) mass is 460 g/mol. The topological polar surface area (TPSA) is 84.6 Å². The summed E-state index contributed by atoms with van der Waals surface area (Å²) in [6.07, 6.45) is 2.81. The number of imidazole rings is 1. The van der Waals surface area contributed by atoms with Gasteiger partial charge in [0.1, 0.15) is 12.4 Å². The van der Waals surface area contributed by atoms with E-state index in [1.165, 1.54) is 33.4 Å². The van der Waals surface area contributed by atoms with Crippen LogP contribution >= 0.6 is 0 Å². The second-order valence-corrected chi connectivity index (χ2v) is 9.84. The number of piperidine rings is 1. The van der Waals surface area contributed by atoms with E-state index < -0.39 is 15.8 Å². The summed E-state index contributed by atoms with van der Waals surface area (Å²) in [4.78, 5) is 26.8. The molecule has 1 amide bonds. The highest BCUT2D eigenvalue weighted by Gasteiger charge is 2.30. The molecule has 1 saturated heterocycles. The summed E-state index contributed by atoms with van der Waals surface area (Å²) in [6.45, 7) is 0.794. The van der Waals surface area contributed by atoms with E-state index in [1.807, 2.05) is 0 Å². The Balaban J connectivity index is 1.77. The maximum atomic E-state index is 13.6. The normalized spacial score (nSPS) is 14.7. The zero-order chi connectivity index (χ0) is 23.0. The smallest absolute Gasteiger partial charge is 0.328 e. The molecule has 1 aliphatic rings. The Bertz CT molecular complexity index is 1320. The minimum atomic E-state index is -4.17. The molecule has 0 bridgehead atoms. The van der Waals surface area contributed by atoms with Crippen LogP contribution in [-0.4, -0.2) is 48.0 Å². The average Bonchev–Trinajstić information content (AvgIpc) is 3.02. The van der Waals surface area contributed by atoms with Crippen molar-refractivity contribution in [1.82, 2.24) is 14.0 Å². The quantitative estimate of drug-likeness (QED) is 0.585. The van der Waals surface area contributed by atoms with Crippen molar-refractivity contribution in [2.45, 2.75) is 24.2 Å². The maximum absolute atomic E-state index is 13.6. The summed E-state index contributed by atoms with van der Waals surface area (Å²) < 4.78 is 44.6. The molecule has 1 fully saturated rings. The molecule has 1 aliphatic heterocycles. The Kier molecular flexibility index (Phi) is 5.81. The molecule has 32 heavy (non-hydrogen) atoms. The first kappa shape index (κ1) is 22.1. The molecular weight excluding hydrogens is 435 g/mol. The predicted molar refractivity (Wildman–Crippen MR) is 120 cm³/mol. The Morgan fingerprint density at radius 1 is 0.969 bits per heavy atom. The standard InChI is InChI=1S/C22H25FN4O4S/c1-24-19-11-10-18(14-20(19)25(2)22(24)29)32(30,31)27(17-8-6-16(23)7-9-17)15-21(28)26-12-4-3-5-13-26/h6-11,14H,3-5,12-13,15H2,1-2H3. The zero-order valence-electron chi connectivity index (χ0n) is 18.0. The van der Waals surface area contributed by atoms with Crippen molar-refractivity contribution in [3.05, 3.63) is 58.8 Å². The number of amides is 1. The number of aromatic nitrogens is 2. The van der Waals surface area contributed by atoms with Crippen molar-refractivity contribution in [2.24, 2.45) is 14.1 Å². The zero-order valence-corrected chi connectivity index (χ0v) is 18.8. The molecule has 2 aromatic carbocycles. The fourth-order valence-electron chi connectivity index (χ4n) is 4.06. The molecule has 0 aliphatic carbocycles. The van der Waals surface area contributed by atoms with Gasteiger partial charge < -0.3 is 4.90 Å². The highest BCUT2D eigenvalue weighted by Crippen LogP contribution is 2.26. The number of aryl methyl sites for hydroxylation is 2. The number of halogens is 1. The summed E-state index contributed by atoms with van der Waals surface area (Å²) in [5, 5.41) is 0. The summed E-state index contributed by atoms with van der Waals surface area (Å²) >= 11 is 0. The van der Waals surface area contributed by atoms with E-state index in [0.29, 0.717) is 24.1 Å². The third kappa shape index (κ3) is 3.90. The van der Waals surface area contributed by atoms with Gasteiger partial charge in [-0.1, -0.05) is 0 Å². The van der Waals surface area contributed by atoms with E-state index in [0.717, 1.165) is 35.7 Å². The van der Waals surface area contributed by atoms with Gasteiger partial charge in [-0.2, -0.15) is 0 Å². The van der Waals surface area contributed by atoms with Crippen molar-refractivity contribution < 1.29 is 17.6 Å². The molecular formula is C22H25FN4O4S. The summed E-state index contributed by atoms with van der Waals surface area (Å²) in [6, 6.07) is 9.41. The second-order valence-electron chi connectivity index (χ2n) is 7.98. The van der Waals surface area contributed by atoms with Gasteiger partial charge in [-0.25, -0.2) is 17.6 Å². The van der Waals surface area contributed by atoms with Gasteiger partial charge in [0.05, 0.1) is 21.6 Å². The average molecular weight is 461 g/mol. The molecule has 2 heterocycles. The molecule has 0 unspecified atom stereocenters. The number of rotatable bonds is 5. The van der Waals surface area contributed by atoms with Crippen molar-refractivity contribution in [1.29, 1.82) is 0 Å². The van der Waals surface area contributed by atoms with Gasteiger partial charge in [-0.05, 0) is 61.7 Å². The third-order valence-corrected chi connectivity index (χ3v) is 7.70. The lowest BCUT2D eigenvalue weighted by molar-refractivity contribution is -0.130. The molecule has 0 spiro atoms. The van der Waals surface area contributed by atoms with Crippen LogP contribution in [0.4, 0.5) is 10.1 Å². The molecule has 1 aromatic heterocycles. The number of carbonyl (C=O) groups is 1. The third-order valence-electron chi connectivity index (χ3n) is 5.93. The number of nitrogens with zero attached hydrogens (tertiary/aromatic N) is 4. The molecule has 3 aromatic rings. The van der Waals surface area contributed by atoms with Gasteiger partial charge in [0.25, 0.3) is 10.0 Å².